The second-order valence-corrected chi connectivity index (χ2v) is 5.30. The van der Waals surface area contributed by atoms with E-state index in [9.17, 15) is 9.90 Å². The smallest absolute Gasteiger partial charge is 0.313 e. The molecule has 18 heavy (non-hydrogen) atoms. The summed E-state index contributed by atoms with van der Waals surface area (Å²) < 4.78 is 5.14. The lowest BCUT2D eigenvalue weighted by atomic mass is 9.74. The third kappa shape index (κ3) is 2.41. The molecule has 3 nitrogen and oxygen atoms in total. The van der Waals surface area contributed by atoms with Gasteiger partial charge >= 0.3 is 5.97 Å². The van der Waals surface area contributed by atoms with Gasteiger partial charge in [0.15, 0.2) is 0 Å². The van der Waals surface area contributed by atoms with Crippen LogP contribution in [0.1, 0.15) is 31.4 Å². The highest BCUT2D eigenvalue weighted by Gasteiger charge is 2.39. The zero-order valence-electron chi connectivity index (χ0n) is 11.0. The Balaban J connectivity index is 2.23. The number of carboxylic acid groups (broad SMARTS) is 1. The van der Waals surface area contributed by atoms with E-state index in [1.54, 1.807) is 0 Å². The van der Waals surface area contributed by atoms with Crippen LogP contribution in [0.5, 0.6) is 0 Å². The first-order chi connectivity index (χ1) is 8.56. The van der Waals surface area contributed by atoms with Gasteiger partial charge in [0.2, 0.25) is 0 Å². The van der Waals surface area contributed by atoms with Gasteiger partial charge in [0.25, 0.3) is 0 Å². The molecule has 1 unspecified atom stereocenters. The number of aliphatic carboxylic acids is 1. The monoisotopic (exact) mass is 248 g/mol. The van der Waals surface area contributed by atoms with E-state index < -0.39 is 11.4 Å². The van der Waals surface area contributed by atoms with Gasteiger partial charge in [-0.2, -0.15) is 0 Å². The van der Waals surface area contributed by atoms with Gasteiger partial charge < -0.3 is 9.84 Å². The Morgan fingerprint density at radius 2 is 2.00 bits per heavy atom. The average molecular weight is 248 g/mol. The highest BCUT2D eigenvalue weighted by atomic mass is 16.5. The number of carboxylic acids is 1. The molecule has 0 amide bonds. The molecular weight excluding hydrogens is 228 g/mol. The van der Waals surface area contributed by atoms with Crippen molar-refractivity contribution in [3.8, 4) is 0 Å². The topological polar surface area (TPSA) is 46.5 Å². The van der Waals surface area contributed by atoms with E-state index >= 15 is 0 Å². The normalized spacial score (nSPS) is 19.0. The summed E-state index contributed by atoms with van der Waals surface area (Å²) in [6, 6.07) is 7.94. The Bertz CT molecular complexity index is 420. The first-order valence-electron chi connectivity index (χ1n) is 6.47. The number of hydrogen-bond acceptors (Lipinski definition) is 2. The molecule has 0 aliphatic carbocycles. The molecule has 1 heterocycles. The molecule has 1 atom stereocenters. The van der Waals surface area contributed by atoms with Crippen LogP contribution < -0.4 is 0 Å². The van der Waals surface area contributed by atoms with Crippen LogP contribution in [0.4, 0.5) is 0 Å². The van der Waals surface area contributed by atoms with Crippen molar-refractivity contribution in [1.82, 2.24) is 0 Å². The van der Waals surface area contributed by atoms with E-state index in [-0.39, 0.29) is 0 Å². The quantitative estimate of drug-likeness (QED) is 0.871. The molecule has 1 N–H and O–H groups in total. The summed E-state index contributed by atoms with van der Waals surface area (Å²) in [5.41, 5.74) is 1.32. The number of hydrogen-bond donors (Lipinski definition) is 1. The van der Waals surface area contributed by atoms with Gasteiger partial charge in [-0.05, 0) is 30.9 Å². The molecule has 1 fully saturated rings. The van der Waals surface area contributed by atoms with Crippen molar-refractivity contribution < 1.29 is 14.6 Å². The molecule has 0 bridgehead atoms. The lowest BCUT2D eigenvalue weighted by molar-refractivity contribution is -0.145. The van der Waals surface area contributed by atoms with Crippen LogP contribution in [0.25, 0.3) is 0 Å². The van der Waals surface area contributed by atoms with E-state index in [4.69, 9.17) is 4.74 Å². The van der Waals surface area contributed by atoms with Crippen LogP contribution in [0.3, 0.4) is 0 Å². The summed E-state index contributed by atoms with van der Waals surface area (Å²) >= 11 is 0. The largest absolute Gasteiger partial charge is 0.481 e. The molecule has 1 aromatic carbocycles. The van der Waals surface area contributed by atoms with Gasteiger partial charge in [0.05, 0.1) is 18.6 Å². The molecular formula is C15H20O3. The molecule has 0 saturated carbocycles. The SMILES string of the molecule is CCc1ccc(C(C)(CC2COC2)C(=O)O)cc1. The van der Waals surface area contributed by atoms with Crippen LogP contribution in [-0.4, -0.2) is 24.3 Å². The maximum atomic E-state index is 11.6. The Hall–Kier alpha value is -1.35. The molecule has 2 rings (SSSR count). The van der Waals surface area contributed by atoms with Crippen LogP contribution in [0.2, 0.25) is 0 Å². The first kappa shape index (κ1) is 13.1. The fourth-order valence-corrected chi connectivity index (χ4v) is 2.42. The minimum absolute atomic E-state index is 0.372. The predicted octanol–water partition coefficient (Wildman–Crippen LogP) is 2.63. The molecule has 1 aliphatic rings. The molecule has 0 spiro atoms. The van der Waals surface area contributed by atoms with Crippen molar-refractivity contribution in [2.75, 3.05) is 13.2 Å². The summed E-state index contributed by atoms with van der Waals surface area (Å²) in [5.74, 6) is -0.379. The predicted molar refractivity (Wildman–Crippen MR) is 69.7 cm³/mol. The lowest BCUT2D eigenvalue weighted by Gasteiger charge is -2.34. The lowest BCUT2D eigenvalue weighted by Crippen LogP contribution is -2.40. The van der Waals surface area contributed by atoms with Gasteiger partial charge in [0, 0.05) is 5.92 Å². The minimum atomic E-state index is -0.805. The van der Waals surface area contributed by atoms with Gasteiger partial charge in [-0.1, -0.05) is 31.2 Å². The summed E-state index contributed by atoms with van der Waals surface area (Å²) in [6.45, 7) is 5.29. The van der Waals surface area contributed by atoms with Crippen LogP contribution in [0.15, 0.2) is 24.3 Å². The van der Waals surface area contributed by atoms with Gasteiger partial charge in [-0.3, -0.25) is 4.79 Å². The zero-order valence-corrected chi connectivity index (χ0v) is 11.0. The Labute approximate surface area is 108 Å². The van der Waals surface area contributed by atoms with E-state index in [1.165, 1.54) is 5.56 Å². The van der Waals surface area contributed by atoms with Crippen molar-refractivity contribution in [2.24, 2.45) is 5.92 Å². The third-order valence-corrected chi connectivity index (χ3v) is 3.88. The second-order valence-electron chi connectivity index (χ2n) is 5.30. The van der Waals surface area contributed by atoms with Gasteiger partial charge in [-0.25, -0.2) is 0 Å². The molecule has 0 aromatic heterocycles. The number of benzene rings is 1. The molecule has 1 saturated heterocycles. The summed E-state index contributed by atoms with van der Waals surface area (Å²) in [5, 5.41) is 9.54. The summed E-state index contributed by atoms with van der Waals surface area (Å²) in [7, 11) is 0. The van der Waals surface area contributed by atoms with Crippen LogP contribution in [0, 0.1) is 5.92 Å². The van der Waals surface area contributed by atoms with Crippen molar-refractivity contribution in [3.05, 3.63) is 35.4 Å². The fourth-order valence-electron chi connectivity index (χ4n) is 2.42. The molecule has 1 aromatic rings. The van der Waals surface area contributed by atoms with E-state index in [2.05, 4.69) is 6.92 Å². The van der Waals surface area contributed by atoms with Gasteiger partial charge in [-0.15, -0.1) is 0 Å². The standard InChI is InChI=1S/C15H20O3/c1-3-11-4-6-13(7-5-11)15(2,14(16)17)8-12-9-18-10-12/h4-7,12H,3,8-10H2,1-2H3,(H,16,17). The zero-order chi connectivity index (χ0) is 13.2. The van der Waals surface area contributed by atoms with Crippen molar-refractivity contribution in [1.29, 1.82) is 0 Å². The average Bonchev–Trinajstić information content (AvgIpc) is 2.33. The van der Waals surface area contributed by atoms with Crippen molar-refractivity contribution >= 4 is 5.97 Å². The summed E-state index contributed by atoms with van der Waals surface area (Å²) in [6.07, 6.45) is 1.62. The summed E-state index contributed by atoms with van der Waals surface area (Å²) in [4.78, 5) is 11.6. The van der Waals surface area contributed by atoms with Crippen molar-refractivity contribution in [3.63, 3.8) is 0 Å². The fraction of sp³-hybridized carbons (Fsp3) is 0.533. The number of ether oxygens (including phenoxy) is 1. The van der Waals surface area contributed by atoms with E-state index in [0.29, 0.717) is 25.6 Å². The number of carbonyl (C=O) groups is 1. The van der Waals surface area contributed by atoms with Crippen LogP contribution in [-0.2, 0) is 21.4 Å². The Morgan fingerprint density at radius 3 is 2.39 bits per heavy atom. The van der Waals surface area contributed by atoms with E-state index in [0.717, 1.165) is 12.0 Å². The second kappa shape index (κ2) is 5.11. The third-order valence-electron chi connectivity index (χ3n) is 3.88. The molecule has 0 radical (unpaired) electrons. The molecule has 3 heteroatoms. The molecule has 1 aliphatic heterocycles. The van der Waals surface area contributed by atoms with Crippen LogP contribution >= 0.6 is 0 Å². The van der Waals surface area contributed by atoms with Gasteiger partial charge in [0.1, 0.15) is 0 Å². The Kier molecular flexibility index (Phi) is 3.71. The molecule has 98 valence electrons. The maximum Gasteiger partial charge on any atom is 0.313 e. The van der Waals surface area contributed by atoms with E-state index in [1.807, 2.05) is 31.2 Å². The Morgan fingerprint density at radius 1 is 1.39 bits per heavy atom. The van der Waals surface area contributed by atoms with Crippen molar-refractivity contribution in [2.45, 2.75) is 32.1 Å². The highest BCUT2D eigenvalue weighted by molar-refractivity contribution is 5.80. The first-order valence-corrected chi connectivity index (χ1v) is 6.47. The minimum Gasteiger partial charge on any atom is -0.481 e. The maximum absolute atomic E-state index is 11.6. The highest BCUT2D eigenvalue weighted by Crippen LogP contribution is 2.34. The number of rotatable bonds is 5. The number of aryl methyl sites for hydroxylation is 1.